The van der Waals surface area contributed by atoms with E-state index < -0.39 is 0 Å². The number of nitrogens with one attached hydrogen (secondary N) is 1. The molecule has 1 N–H and O–H groups in total. The SMILES string of the molecule is Cc1noc(C)c1Cc1n[nH]c(=S)s1. The molecular formula is C8H9N3OS2. The molecule has 14 heavy (non-hydrogen) atoms. The van der Waals surface area contributed by atoms with Gasteiger partial charge in [0.2, 0.25) is 0 Å². The minimum absolute atomic E-state index is 0.701. The van der Waals surface area contributed by atoms with Crippen LogP contribution in [-0.4, -0.2) is 15.4 Å². The van der Waals surface area contributed by atoms with E-state index in [4.69, 9.17) is 16.7 Å². The van der Waals surface area contributed by atoms with E-state index >= 15 is 0 Å². The van der Waals surface area contributed by atoms with E-state index in [2.05, 4.69) is 15.4 Å². The summed E-state index contributed by atoms with van der Waals surface area (Å²) in [6.45, 7) is 3.83. The molecule has 0 amide bonds. The summed E-state index contributed by atoms with van der Waals surface area (Å²) >= 11 is 6.44. The Labute approximate surface area is 90.0 Å². The van der Waals surface area contributed by atoms with Crippen LogP contribution in [0.25, 0.3) is 0 Å². The fourth-order valence-electron chi connectivity index (χ4n) is 1.24. The normalized spacial score (nSPS) is 10.7. The maximum Gasteiger partial charge on any atom is 0.176 e. The molecule has 0 unspecified atom stereocenters. The van der Waals surface area contributed by atoms with Crippen molar-refractivity contribution in [3.05, 3.63) is 26.0 Å². The summed E-state index contributed by atoms with van der Waals surface area (Å²) in [6.07, 6.45) is 0.735. The lowest BCUT2D eigenvalue weighted by Crippen LogP contribution is -1.90. The zero-order valence-corrected chi connectivity index (χ0v) is 9.46. The highest BCUT2D eigenvalue weighted by Crippen LogP contribution is 2.18. The molecule has 0 aliphatic carbocycles. The van der Waals surface area contributed by atoms with Crippen LogP contribution in [0.3, 0.4) is 0 Å². The fourth-order valence-corrected chi connectivity index (χ4v) is 2.19. The molecule has 74 valence electrons. The standard InChI is InChI=1S/C8H9N3OS2/c1-4-6(5(2)12-11-4)3-7-9-10-8(13)14-7/h3H2,1-2H3,(H,10,13). The third-order valence-corrected chi connectivity index (χ3v) is 3.08. The summed E-state index contributed by atoms with van der Waals surface area (Å²) < 4.78 is 5.77. The lowest BCUT2D eigenvalue weighted by atomic mass is 10.1. The molecule has 2 aromatic rings. The highest BCUT2D eigenvalue weighted by Gasteiger charge is 2.11. The van der Waals surface area contributed by atoms with Gasteiger partial charge in [-0.1, -0.05) is 16.5 Å². The molecule has 0 atom stereocenters. The van der Waals surface area contributed by atoms with Crippen LogP contribution in [-0.2, 0) is 6.42 Å². The van der Waals surface area contributed by atoms with Gasteiger partial charge in [0.25, 0.3) is 0 Å². The van der Waals surface area contributed by atoms with Gasteiger partial charge in [-0.2, -0.15) is 5.10 Å². The maximum atomic E-state index is 5.06. The van der Waals surface area contributed by atoms with Crippen LogP contribution in [0.1, 0.15) is 22.0 Å². The largest absolute Gasteiger partial charge is 0.361 e. The van der Waals surface area contributed by atoms with Gasteiger partial charge in [-0.05, 0) is 26.1 Å². The molecule has 0 spiro atoms. The molecule has 0 aromatic carbocycles. The van der Waals surface area contributed by atoms with Crippen molar-refractivity contribution in [1.82, 2.24) is 15.4 Å². The van der Waals surface area contributed by atoms with Gasteiger partial charge in [-0.3, -0.25) is 5.10 Å². The van der Waals surface area contributed by atoms with E-state index in [1.54, 1.807) is 0 Å². The molecule has 6 heteroatoms. The monoisotopic (exact) mass is 227 g/mol. The second-order valence-electron chi connectivity index (χ2n) is 2.99. The number of H-pyrrole nitrogens is 1. The third-order valence-electron chi connectivity index (χ3n) is 1.99. The first-order valence-corrected chi connectivity index (χ1v) is 5.35. The molecule has 2 heterocycles. The van der Waals surface area contributed by atoms with E-state index in [0.717, 1.165) is 28.4 Å². The lowest BCUT2D eigenvalue weighted by molar-refractivity contribution is 0.392. The number of aromatic amines is 1. The van der Waals surface area contributed by atoms with Crippen molar-refractivity contribution >= 4 is 23.6 Å². The molecule has 0 radical (unpaired) electrons. The molecular weight excluding hydrogens is 218 g/mol. The number of aryl methyl sites for hydroxylation is 2. The van der Waals surface area contributed by atoms with Gasteiger partial charge in [0.05, 0.1) is 5.69 Å². The predicted octanol–water partition coefficient (Wildman–Crippen LogP) is 2.40. The van der Waals surface area contributed by atoms with Gasteiger partial charge in [0, 0.05) is 12.0 Å². The van der Waals surface area contributed by atoms with Crippen molar-refractivity contribution < 1.29 is 4.52 Å². The molecule has 0 saturated carbocycles. The minimum Gasteiger partial charge on any atom is -0.361 e. The zero-order valence-electron chi connectivity index (χ0n) is 7.83. The quantitative estimate of drug-likeness (QED) is 0.800. The molecule has 0 saturated heterocycles. The molecule has 0 fully saturated rings. The van der Waals surface area contributed by atoms with E-state index in [9.17, 15) is 0 Å². The Balaban J connectivity index is 2.31. The average molecular weight is 227 g/mol. The first kappa shape index (κ1) is 9.54. The number of hydrogen-bond acceptors (Lipinski definition) is 5. The van der Waals surface area contributed by atoms with Crippen molar-refractivity contribution in [2.75, 3.05) is 0 Å². The first-order valence-electron chi connectivity index (χ1n) is 4.13. The molecule has 0 aliphatic heterocycles. The Hall–Kier alpha value is -1.01. The van der Waals surface area contributed by atoms with Crippen LogP contribution < -0.4 is 0 Å². The fraction of sp³-hybridized carbons (Fsp3) is 0.375. The smallest absolute Gasteiger partial charge is 0.176 e. The van der Waals surface area contributed by atoms with Gasteiger partial charge >= 0.3 is 0 Å². The maximum absolute atomic E-state index is 5.06. The van der Waals surface area contributed by atoms with Crippen molar-refractivity contribution in [2.45, 2.75) is 20.3 Å². The van der Waals surface area contributed by atoms with E-state index in [1.807, 2.05) is 13.8 Å². The minimum atomic E-state index is 0.701. The summed E-state index contributed by atoms with van der Waals surface area (Å²) in [5.41, 5.74) is 2.02. The second kappa shape index (κ2) is 3.62. The summed E-state index contributed by atoms with van der Waals surface area (Å²) in [6, 6.07) is 0. The first-order chi connectivity index (χ1) is 6.66. The Morgan fingerprint density at radius 1 is 1.50 bits per heavy atom. The van der Waals surface area contributed by atoms with Crippen molar-refractivity contribution in [3.8, 4) is 0 Å². The van der Waals surface area contributed by atoms with Gasteiger partial charge in [-0.25, -0.2) is 0 Å². The molecule has 4 nitrogen and oxygen atoms in total. The molecule has 0 aliphatic rings. The summed E-state index contributed by atoms with van der Waals surface area (Å²) in [5, 5.41) is 11.7. The predicted molar refractivity (Wildman–Crippen MR) is 56.1 cm³/mol. The molecule has 0 bridgehead atoms. The van der Waals surface area contributed by atoms with Crippen LogP contribution in [0, 0.1) is 17.8 Å². The van der Waals surface area contributed by atoms with Crippen LogP contribution in [0.4, 0.5) is 0 Å². The molecule has 2 rings (SSSR count). The highest BCUT2D eigenvalue weighted by molar-refractivity contribution is 7.73. The Bertz CT molecular complexity index is 477. The van der Waals surface area contributed by atoms with Crippen LogP contribution in [0.5, 0.6) is 0 Å². The number of aromatic nitrogens is 3. The van der Waals surface area contributed by atoms with Gasteiger partial charge in [0.1, 0.15) is 10.8 Å². The van der Waals surface area contributed by atoms with Gasteiger partial charge in [-0.15, -0.1) is 0 Å². The van der Waals surface area contributed by atoms with Crippen molar-refractivity contribution in [1.29, 1.82) is 0 Å². The number of nitrogens with zero attached hydrogens (tertiary/aromatic N) is 2. The highest BCUT2D eigenvalue weighted by atomic mass is 32.1. The van der Waals surface area contributed by atoms with Crippen LogP contribution >= 0.6 is 23.6 Å². The molecule has 2 aromatic heterocycles. The van der Waals surface area contributed by atoms with Crippen molar-refractivity contribution in [2.24, 2.45) is 0 Å². The third kappa shape index (κ3) is 1.76. The number of rotatable bonds is 2. The van der Waals surface area contributed by atoms with Crippen molar-refractivity contribution in [3.63, 3.8) is 0 Å². The van der Waals surface area contributed by atoms with Crippen LogP contribution in [0.2, 0.25) is 0 Å². The van der Waals surface area contributed by atoms with Crippen LogP contribution in [0.15, 0.2) is 4.52 Å². The van der Waals surface area contributed by atoms with Gasteiger partial charge < -0.3 is 4.52 Å². The Morgan fingerprint density at radius 3 is 2.79 bits per heavy atom. The summed E-state index contributed by atoms with van der Waals surface area (Å²) in [7, 11) is 0. The van der Waals surface area contributed by atoms with E-state index in [-0.39, 0.29) is 0 Å². The Morgan fingerprint density at radius 2 is 2.29 bits per heavy atom. The lowest BCUT2D eigenvalue weighted by Gasteiger charge is -1.93. The Kier molecular flexibility index (Phi) is 2.47. The summed E-state index contributed by atoms with van der Waals surface area (Å²) in [5.74, 6) is 0.851. The average Bonchev–Trinajstić information content (AvgIpc) is 2.67. The van der Waals surface area contributed by atoms with E-state index in [0.29, 0.717) is 3.95 Å². The van der Waals surface area contributed by atoms with Gasteiger partial charge in [0.15, 0.2) is 3.95 Å². The zero-order chi connectivity index (χ0) is 10.1. The number of hydrogen-bond donors (Lipinski definition) is 1. The topological polar surface area (TPSA) is 54.7 Å². The van der Waals surface area contributed by atoms with E-state index in [1.165, 1.54) is 11.3 Å². The second-order valence-corrected chi connectivity index (χ2v) is 4.74. The summed E-state index contributed by atoms with van der Waals surface area (Å²) in [4.78, 5) is 0.